The summed E-state index contributed by atoms with van der Waals surface area (Å²) in [6, 6.07) is 15.1. The van der Waals surface area contributed by atoms with Crippen molar-refractivity contribution in [3.8, 4) is 17.0 Å². The van der Waals surface area contributed by atoms with E-state index in [1.54, 1.807) is 0 Å². The summed E-state index contributed by atoms with van der Waals surface area (Å²) in [5.41, 5.74) is 5.45. The number of aromatic nitrogens is 1. The quantitative estimate of drug-likeness (QED) is 0.569. The van der Waals surface area contributed by atoms with E-state index in [4.69, 9.17) is 4.74 Å². The van der Waals surface area contributed by atoms with E-state index in [2.05, 4.69) is 67.1 Å². The van der Waals surface area contributed by atoms with Crippen molar-refractivity contribution in [1.29, 1.82) is 0 Å². The van der Waals surface area contributed by atoms with Crippen molar-refractivity contribution in [3.05, 3.63) is 59.8 Å². The van der Waals surface area contributed by atoms with Crippen LogP contribution in [0.5, 0.6) is 5.75 Å². The number of benzene rings is 2. The third kappa shape index (κ3) is 1.21. The van der Waals surface area contributed by atoms with Gasteiger partial charge in [-0.05, 0) is 23.1 Å². The Hall–Kier alpha value is -2.35. The Balaban J connectivity index is 2.06. The topological polar surface area (TPSA) is 13.1 Å². The molecule has 21 heavy (non-hydrogen) atoms. The van der Waals surface area contributed by atoms with Crippen LogP contribution in [-0.4, -0.2) is 0 Å². The summed E-state index contributed by atoms with van der Waals surface area (Å²) < 4.78 is 8.23. The summed E-state index contributed by atoms with van der Waals surface area (Å²) in [4.78, 5) is 0. The first kappa shape index (κ1) is 11.3. The standard InChI is InChI=1S/C19H16NO/c1-19(2)14-8-5-9-15-16(14)18-17(19)13-7-4-3-6-12(13)10-20(18)11-21-15/h3-10H,11H2,1-2H3/q+1. The van der Waals surface area contributed by atoms with Gasteiger partial charge in [0.05, 0.1) is 5.56 Å². The van der Waals surface area contributed by atoms with Crippen molar-refractivity contribution < 1.29 is 9.30 Å². The Morgan fingerprint density at radius 2 is 1.90 bits per heavy atom. The third-order valence-electron chi connectivity index (χ3n) is 4.97. The maximum Gasteiger partial charge on any atom is 0.292 e. The van der Waals surface area contributed by atoms with Crippen molar-refractivity contribution in [1.82, 2.24) is 0 Å². The predicted octanol–water partition coefficient (Wildman–Crippen LogP) is 3.78. The third-order valence-corrected chi connectivity index (χ3v) is 4.97. The molecule has 0 N–H and O–H groups in total. The number of hydrogen-bond acceptors (Lipinski definition) is 1. The molecule has 2 heteroatoms. The van der Waals surface area contributed by atoms with E-state index in [-0.39, 0.29) is 5.41 Å². The molecule has 5 rings (SSSR count). The van der Waals surface area contributed by atoms with Gasteiger partial charge in [-0.1, -0.05) is 44.2 Å². The lowest BCUT2D eigenvalue weighted by molar-refractivity contribution is -0.716. The van der Waals surface area contributed by atoms with Crippen LogP contribution in [0.2, 0.25) is 0 Å². The zero-order valence-electron chi connectivity index (χ0n) is 12.2. The van der Waals surface area contributed by atoms with Crippen molar-refractivity contribution >= 4 is 10.8 Å². The molecule has 0 radical (unpaired) electrons. The fourth-order valence-electron chi connectivity index (χ4n) is 4.03. The molecule has 0 fully saturated rings. The summed E-state index contributed by atoms with van der Waals surface area (Å²) in [6.07, 6.45) is 2.22. The molecule has 2 aliphatic rings. The number of pyridine rings is 1. The highest BCUT2D eigenvalue weighted by atomic mass is 16.5. The van der Waals surface area contributed by atoms with Gasteiger partial charge in [-0.15, -0.1) is 0 Å². The van der Waals surface area contributed by atoms with Crippen LogP contribution in [0.25, 0.3) is 22.0 Å². The van der Waals surface area contributed by atoms with E-state index in [1.165, 1.54) is 33.2 Å². The molecule has 0 spiro atoms. The second-order valence-electron chi connectivity index (χ2n) is 6.49. The number of ether oxygens (including phenoxy) is 1. The summed E-state index contributed by atoms with van der Waals surface area (Å²) in [5.74, 6) is 1.02. The fourth-order valence-corrected chi connectivity index (χ4v) is 4.03. The van der Waals surface area contributed by atoms with E-state index < -0.39 is 0 Å². The Kier molecular flexibility index (Phi) is 1.86. The van der Waals surface area contributed by atoms with E-state index in [0.717, 1.165) is 5.75 Å². The van der Waals surface area contributed by atoms with Crippen molar-refractivity contribution in [2.45, 2.75) is 26.0 Å². The van der Waals surface area contributed by atoms with Gasteiger partial charge in [0.2, 0.25) is 5.69 Å². The molecule has 1 aliphatic carbocycles. The van der Waals surface area contributed by atoms with Crippen LogP contribution in [0, 0.1) is 0 Å². The fraction of sp³-hybridized carbons (Fsp3) is 0.211. The number of nitrogens with zero attached hydrogens (tertiary/aromatic N) is 1. The molecule has 0 unspecified atom stereocenters. The zero-order valence-corrected chi connectivity index (χ0v) is 12.2. The lowest BCUT2D eigenvalue weighted by Crippen LogP contribution is -2.41. The van der Waals surface area contributed by atoms with Gasteiger partial charge in [-0.3, -0.25) is 0 Å². The highest BCUT2D eigenvalue weighted by Crippen LogP contribution is 2.53. The second kappa shape index (κ2) is 3.45. The Labute approximate surface area is 123 Å². The minimum atomic E-state index is 0.0109. The van der Waals surface area contributed by atoms with E-state index >= 15 is 0 Å². The Bertz CT molecular complexity index is 924. The first-order valence-electron chi connectivity index (χ1n) is 7.40. The lowest BCUT2D eigenvalue weighted by Gasteiger charge is -2.21. The van der Waals surface area contributed by atoms with Crippen LogP contribution >= 0.6 is 0 Å². The summed E-state index contributed by atoms with van der Waals surface area (Å²) >= 11 is 0. The molecular formula is C19H16NO+. The van der Waals surface area contributed by atoms with Crippen molar-refractivity contribution in [2.24, 2.45) is 0 Å². The van der Waals surface area contributed by atoms with Crippen molar-refractivity contribution in [3.63, 3.8) is 0 Å². The number of fused-ring (bicyclic) bond motifs is 2. The average Bonchev–Trinajstić information content (AvgIpc) is 2.75. The van der Waals surface area contributed by atoms with Crippen LogP contribution in [0.15, 0.2) is 48.7 Å². The molecule has 0 saturated heterocycles. The summed E-state index contributed by atoms with van der Waals surface area (Å²) in [5, 5.41) is 2.64. The molecule has 2 nitrogen and oxygen atoms in total. The first-order chi connectivity index (χ1) is 10.2. The molecule has 1 aliphatic heterocycles. The first-order valence-corrected chi connectivity index (χ1v) is 7.40. The molecule has 1 aromatic heterocycles. The van der Waals surface area contributed by atoms with Gasteiger partial charge in [0, 0.05) is 16.4 Å². The molecule has 2 heterocycles. The van der Waals surface area contributed by atoms with Gasteiger partial charge in [0.15, 0.2) is 6.20 Å². The molecule has 0 saturated carbocycles. The minimum absolute atomic E-state index is 0.0109. The zero-order chi connectivity index (χ0) is 14.2. The van der Waals surface area contributed by atoms with Crippen LogP contribution in [0.3, 0.4) is 0 Å². The number of rotatable bonds is 0. The molecule has 102 valence electrons. The van der Waals surface area contributed by atoms with E-state index in [0.29, 0.717) is 6.73 Å². The van der Waals surface area contributed by atoms with Crippen LogP contribution in [0.4, 0.5) is 0 Å². The summed E-state index contributed by atoms with van der Waals surface area (Å²) in [6.45, 7) is 5.24. The smallest absolute Gasteiger partial charge is 0.292 e. The highest BCUT2D eigenvalue weighted by Gasteiger charge is 2.46. The van der Waals surface area contributed by atoms with Crippen LogP contribution in [-0.2, 0) is 12.1 Å². The molecule has 3 aromatic rings. The van der Waals surface area contributed by atoms with Gasteiger partial charge < -0.3 is 4.74 Å². The van der Waals surface area contributed by atoms with Crippen LogP contribution < -0.4 is 9.30 Å². The molecule has 0 amide bonds. The molecule has 2 aromatic carbocycles. The Morgan fingerprint density at radius 1 is 1.05 bits per heavy atom. The van der Waals surface area contributed by atoms with E-state index in [9.17, 15) is 0 Å². The van der Waals surface area contributed by atoms with Gasteiger partial charge >= 0.3 is 0 Å². The monoisotopic (exact) mass is 274 g/mol. The second-order valence-corrected chi connectivity index (χ2v) is 6.49. The highest BCUT2D eigenvalue weighted by molar-refractivity contribution is 5.95. The Morgan fingerprint density at radius 3 is 2.81 bits per heavy atom. The summed E-state index contributed by atoms with van der Waals surface area (Å²) in [7, 11) is 0. The maximum absolute atomic E-state index is 5.97. The van der Waals surface area contributed by atoms with Gasteiger partial charge in [0.25, 0.3) is 6.73 Å². The van der Waals surface area contributed by atoms with Crippen molar-refractivity contribution in [2.75, 3.05) is 0 Å². The van der Waals surface area contributed by atoms with Crippen LogP contribution in [0.1, 0.15) is 25.0 Å². The van der Waals surface area contributed by atoms with Gasteiger partial charge in [0.1, 0.15) is 5.75 Å². The largest absolute Gasteiger partial charge is 0.435 e. The molecule has 0 atom stereocenters. The average molecular weight is 274 g/mol. The van der Waals surface area contributed by atoms with E-state index in [1.807, 2.05) is 0 Å². The maximum atomic E-state index is 5.97. The minimum Gasteiger partial charge on any atom is -0.435 e. The lowest BCUT2D eigenvalue weighted by atomic mass is 9.81. The predicted molar refractivity (Wildman–Crippen MR) is 82.3 cm³/mol. The molecular weight excluding hydrogens is 258 g/mol. The molecule has 0 bridgehead atoms. The normalized spacial score (nSPS) is 16.7. The van der Waals surface area contributed by atoms with Gasteiger partial charge in [-0.25, -0.2) is 0 Å². The number of hydrogen-bond donors (Lipinski definition) is 0. The van der Waals surface area contributed by atoms with Gasteiger partial charge in [-0.2, -0.15) is 4.57 Å². The SMILES string of the molecule is CC1(C)c2cccc3c2-c2c1c1ccccc1c[n+]2CO3.